The van der Waals surface area contributed by atoms with E-state index in [0.717, 1.165) is 11.1 Å². The van der Waals surface area contributed by atoms with Crippen molar-refractivity contribution in [3.05, 3.63) is 35.4 Å². The summed E-state index contributed by atoms with van der Waals surface area (Å²) in [6, 6.07) is 7.66. The minimum absolute atomic E-state index is 0. The first-order valence-corrected chi connectivity index (χ1v) is 4.79. The average molecular weight is 228 g/mol. The van der Waals surface area contributed by atoms with E-state index >= 15 is 0 Å². The van der Waals surface area contributed by atoms with Gasteiger partial charge in [-0.1, -0.05) is 45.0 Å². The Morgan fingerprint density at radius 1 is 1.27 bits per heavy atom. The fourth-order valence-electron chi connectivity index (χ4n) is 1.49. The minimum Gasteiger partial charge on any atom is -0.324 e. The summed E-state index contributed by atoms with van der Waals surface area (Å²) in [6.45, 7) is 6.36. The number of rotatable bonds is 2. The number of nitrogens with two attached hydrogens (primary N) is 1. The predicted molar refractivity (Wildman–Crippen MR) is 65.8 cm³/mol. The zero-order valence-corrected chi connectivity index (χ0v) is 10.2. The van der Waals surface area contributed by atoms with Crippen molar-refractivity contribution in [3.63, 3.8) is 0 Å². The number of hydrogen-bond donors (Lipinski definition) is 1. The normalized spacial score (nSPS) is 10.7. The lowest BCUT2D eigenvalue weighted by atomic mass is 9.83. The number of hydrogen-bond acceptors (Lipinski definition) is 2. The Labute approximate surface area is 97.3 Å². The lowest BCUT2D eigenvalue weighted by molar-refractivity contribution is 0.0999. The molecule has 0 bridgehead atoms. The Balaban J connectivity index is 0.00000196. The largest absolute Gasteiger partial charge is 0.324 e. The maximum Gasteiger partial charge on any atom is 0.176 e. The number of ketones is 1. The summed E-state index contributed by atoms with van der Waals surface area (Å²) >= 11 is 0. The van der Waals surface area contributed by atoms with Crippen LogP contribution in [0.1, 0.15) is 36.7 Å². The molecule has 0 saturated heterocycles. The van der Waals surface area contributed by atoms with Gasteiger partial charge < -0.3 is 5.73 Å². The van der Waals surface area contributed by atoms with Crippen molar-refractivity contribution in [2.45, 2.75) is 26.2 Å². The highest BCUT2D eigenvalue weighted by Gasteiger charge is 2.19. The Kier molecular flexibility index (Phi) is 4.98. The first-order valence-electron chi connectivity index (χ1n) is 4.79. The van der Waals surface area contributed by atoms with Gasteiger partial charge in [0.05, 0.1) is 6.54 Å². The first-order chi connectivity index (χ1) is 6.46. The van der Waals surface area contributed by atoms with E-state index < -0.39 is 0 Å². The van der Waals surface area contributed by atoms with Crippen LogP contribution in [0.15, 0.2) is 24.3 Å². The number of Topliss-reactive ketones (excluding diaryl/α,β-unsaturated/α-hetero) is 1. The van der Waals surface area contributed by atoms with E-state index in [-0.39, 0.29) is 30.2 Å². The molecule has 3 heteroatoms. The van der Waals surface area contributed by atoms with E-state index in [1.807, 2.05) is 24.3 Å². The standard InChI is InChI=1S/C12H17NO.ClH/c1-12(2,3)10-7-5-4-6-9(10)11(14)8-13;/h4-7H,8,13H2,1-3H3;1H. The first kappa shape index (κ1) is 14.1. The smallest absolute Gasteiger partial charge is 0.176 e. The molecule has 0 atom stereocenters. The van der Waals surface area contributed by atoms with Crippen LogP contribution in [0.25, 0.3) is 0 Å². The number of carbonyl (C=O) groups excluding carboxylic acids is 1. The lowest BCUT2D eigenvalue weighted by Gasteiger charge is -2.21. The molecule has 0 fully saturated rings. The molecule has 0 heterocycles. The monoisotopic (exact) mass is 227 g/mol. The highest BCUT2D eigenvalue weighted by molar-refractivity contribution is 5.99. The van der Waals surface area contributed by atoms with Gasteiger partial charge in [-0.05, 0) is 11.0 Å². The summed E-state index contributed by atoms with van der Waals surface area (Å²) < 4.78 is 0. The van der Waals surface area contributed by atoms with Crippen LogP contribution in [0, 0.1) is 0 Å². The summed E-state index contributed by atoms with van der Waals surface area (Å²) in [5.74, 6) is 0.00975. The Hall–Kier alpha value is -0.860. The third-order valence-corrected chi connectivity index (χ3v) is 2.22. The van der Waals surface area contributed by atoms with Crippen molar-refractivity contribution >= 4 is 18.2 Å². The van der Waals surface area contributed by atoms with Crippen molar-refractivity contribution in [2.75, 3.05) is 6.54 Å². The second-order valence-electron chi connectivity index (χ2n) is 4.42. The quantitative estimate of drug-likeness (QED) is 0.790. The molecule has 0 amide bonds. The van der Waals surface area contributed by atoms with Crippen LogP contribution in [0.2, 0.25) is 0 Å². The number of benzene rings is 1. The SMILES string of the molecule is CC(C)(C)c1ccccc1C(=O)CN.Cl. The summed E-state index contributed by atoms with van der Waals surface area (Å²) in [5.41, 5.74) is 7.17. The van der Waals surface area contributed by atoms with Crippen molar-refractivity contribution < 1.29 is 4.79 Å². The van der Waals surface area contributed by atoms with Gasteiger partial charge in [0.1, 0.15) is 0 Å². The zero-order chi connectivity index (χ0) is 10.8. The highest BCUT2D eigenvalue weighted by Crippen LogP contribution is 2.25. The van der Waals surface area contributed by atoms with E-state index in [2.05, 4.69) is 20.8 Å². The maximum absolute atomic E-state index is 11.6. The van der Waals surface area contributed by atoms with Crippen LogP contribution in [0.4, 0.5) is 0 Å². The van der Waals surface area contributed by atoms with Crippen LogP contribution in [0.3, 0.4) is 0 Å². The Bertz CT molecular complexity index is 342. The van der Waals surface area contributed by atoms with E-state index in [4.69, 9.17) is 5.73 Å². The molecule has 0 unspecified atom stereocenters. The van der Waals surface area contributed by atoms with Crippen LogP contribution >= 0.6 is 12.4 Å². The highest BCUT2D eigenvalue weighted by atomic mass is 35.5. The second kappa shape index (κ2) is 5.29. The summed E-state index contributed by atoms with van der Waals surface area (Å²) in [7, 11) is 0. The van der Waals surface area contributed by atoms with Gasteiger partial charge in [-0.25, -0.2) is 0 Å². The van der Waals surface area contributed by atoms with Crippen LogP contribution < -0.4 is 5.73 Å². The molecule has 0 aromatic heterocycles. The van der Waals surface area contributed by atoms with Crippen LogP contribution in [-0.4, -0.2) is 12.3 Å². The third-order valence-electron chi connectivity index (χ3n) is 2.22. The average Bonchev–Trinajstić information content (AvgIpc) is 2.15. The molecule has 2 N–H and O–H groups in total. The maximum atomic E-state index is 11.6. The van der Waals surface area contributed by atoms with Gasteiger partial charge in [0.15, 0.2) is 5.78 Å². The molecule has 0 aliphatic heterocycles. The topological polar surface area (TPSA) is 43.1 Å². The van der Waals surface area contributed by atoms with E-state index in [0.29, 0.717) is 0 Å². The summed E-state index contributed by atoms with van der Waals surface area (Å²) in [6.07, 6.45) is 0. The van der Waals surface area contributed by atoms with E-state index in [1.54, 1.807) is 0 Å². The third kappa shape index (κ3) is 3.33. The second-order valence-corrected chi connectivity index (χ2v) is 4.42. The minimum atomic E-state index is -0.0125. The van der Waals surface area contributed by atoms with Gasteiger partial charge in [-0.2, -0.15) is 0 Å². The zero-order valence-electron chi connectivity index (χ0n) is 9.41. The fraction of sp³-hybridized carbons (Fsp3) is 0.417. The summed E-state index contributed by atoms with van der Waals surface area (Å²) in [5, 5.41) is 0. The molecular weight excluding hydrogens is 210 g/mol. The fourth-order valence-corrected chi connectivity index (χ4v) is 1.49. The van der Waals surface area contributed by atoms with E-state index in [9.17, 15) is 4.79 Å². The molecule has 0 aliphatic carbocycles. The predicted octanol–water partition coefficient (Wildman–Crippen LogP) is 2.55. The molecule has 0 spiro atoms. The number of halogens is 1. The molecular formula is C12H18ClNO. The van der Waals surface area contributed by atoms with Crippen molar-refractivity contribution in [1.29, 1.82) is 0 Å². The van der Waals surface area contributed by atoms with Gasteiger partial charge in [0, 0.05) is 5.56 Å². The molecule has 0 aliphatic rings. The molecule has 0 radical (unpaired) electrons. The molecule has 1 aromatic rings. The van der Waals surface area contributed by atoms with Crippen LogP contribution in [0.5, 0.6) is 0 Å². The van der Waals surface area contributed by atoms with E-state index in [1.165, 1.54) is 0 Å². The molecule has 2 nitrogen and oxygen atoms in total. The summed E-state index contributed by atoms with van der Waals surface area (Å²) in [4.78, 5) is 11.6. The molecule has 1 aromatic carbocycles. The molecule has 84 valence electrons. The van der Waals surface area contributed by atoms with Crippen LogP contribution in [-0.2, 0) is 5.41 Å². The van der Waals surface area contributed by atoms with Gasteiger partial charge >= 0.3 is 0 Å². The van der Waals surface area contributed by atoms with Gasteiger partial charge in [-0.3, -0.25) is 4.79 Å². The number of carbonyl (C=O) groups is 1. The Morgan fingerprint density at radius 2 is 1.80 bits per heavy atom. The van der Waals surface area contributed by atoms with Crippen molar-refractivity contribution in [2.24, 2.45) is 5.73 Å². The van der Waals surface area contributed by atoms with Gasteiger partial charge in [0.2, 0.25) is 0 Å². The van der Waals surface area contributed by atoms with Crippen molar-refractivity contribution in [3.8, 4) is 0 Å². The van der Waals surface area contributed by atoms with Crippen molar-refractivity contribution in [1.82, 2.24) is 0 Å². The van der Waals surface area contributed by atoms with Gasteiger partial charge in [0.25, 0.3) is 0 Å². The molecule has 0 saturated carbocycles. The molecule has 15 heavy (non-hydrogen) atoms. The Morgan fingerprint density at radius 3 is 2.27 bits per heavy atom. The van der Waals surface area contributed by atoms with Gasteiger partial charge in [-0.15, -0.1) is 12.4 Å². The lowest BCUT2D eigenvalue weighted by Crippen LogP contribution is -2.21. The molecule has 1 rings (SSSR count).